The van der Waals surface area contributed by atoms with Crippen LogP contribution in [-0.4, -0.2) is 100 Å². The number of carboxylic acids is 1. The van der Waals surface area contributed by atoms with E-state index in [-0.39, 0.29) is 56.8 Å². The Kier molecular flexibility index (Phi) is 23.0. The summed E-state index contributed by atoms with van der Waals surface area (Å²) < 4.78 is 4.58. The van der Waals surface area contributed by atoms with E-state index in [4.69, 9.17) is 11.5 Å². The van der Waals surface area contributed by atoms with Crippen LogP contribution in [0.3, 0.4) is 0 Å². The number of ether oxygens (including phenoxy) is 1. The van der Waals surface area contributed by atoms with Gasteiger partial charge in [0.2, 0.25) is 35.4 Å². The van der Waals surface area contributed by atoms with Gasteiger partial charge in [0.25, 0.3) is 0 Å². The van der Waals surface area contributed by atoms with Crippen LogP contribution in [0.2, 0.25) is 0 Å². The molecule has 1 unspecified atom stereocenters. The van der Waals surface area contributed by atoms with Gasteiger partial charge in [-0.05, 0) is 56.4 Å². The highest BCUT2D eigenvalue weighted by Gasteiger charge is 2.33. The lowest BCUT2D eigenvalue weighted by Crippen LogP contribution is -2.59. The molecular weight excluding hydrogens is 782 g/mol. The summed E-state index contributed by atoms with van der Waals surface area (Å²) in [6.07, 6.45) is -1.13. The Morgan fingerprint density at radius 3 is 1.68 bits per heavy atom. The molecule has 1 aromatic rings. The number of esters is 2. The molecule has 60 heavy (non-hydrogen) atoms. The van der Waals surface area contributed by atoms with Crippen LogP contribution in [0.1, 0.15) is 105 Å². The van der Waals surface area contributed by atoms with E-state index < -0.39 is 108 Å². The number of carboxylic acid groups (broad SMARTS) is 1. The third kappa shape index (κ3) is 20.8. The van der Waals surface area contributed by atoms with Gasteiger partial charge < -0.3 is 47.9 Å². The fourth-order valence-electron chi connectivity index (χ4n) is 5.91. The Labute approximate surface area is 350 Å². The Hall–Kier alpha value is -5.72. The lowest BCUT2D eigenvalue weighted by molar-refractivity contribution is -0.161. The normalized spacial score (nSPS) is 14.6. The van der Waals surface area contributed by atoms with Crippen LogP contribution in [0, 0.1) is 17.8 Å². The molecule has 0 aliphatic heterocycles. The molecule has 19 heteroatoms. The van der Waals surface area contributed by atoms with Crippen LogP contribution >= 0.6 is 0 Å². The fourth-order valence-corrected chi connectivity index (χ4v) is 5.91. The van der Waals surface area contributed by atoms with E-state index in [9.17, 15) is 53.1 Å². The summed E-state index contributed by atoms with van der Waals surface area (Å²) in [6, 6.07) is 1.26. The van der Waals surface area contributed by atoms with Crippen molar-refractivity contribution in [3.8, 4) is 0 Å². The lowest BCUT2D eigenvalue weighted by Gasteiger charge is -2.27. The molecule has 0 spiro atoms. The van der Waals surface area contributed by atoms with Gasteiger partial charge in [0.05, 0.1) is 18.0 Å². The SMILES string of the molecule is CC(=O)OC(=O)C(C)CCC(=O)[C@H](CCC(N)=O)NC(=O)[C@H](Cc1ccccc1)NC(=O)[C@H](CC(C)C)NC(=O)[C@H](C)NC(=O)[C@H](CCC(=O)O)NC(=O)[C@@H](N)CC(C)C. The van der Waals surface area contributed by atoms with Crippen LogP contribution in [0.25, 0.3) is 0 Å². The van der Waals surface area contributed by atoms with E-state index >= 15 is 0 Å². The van der Waals surface area contributed by atoms with Crippen molar-refractivity contribution in [3.05, 3.63) is 35.9 Å². The van der Waals surface area contributed by atoms with Gasteiger partial charge in [-0.2, -0.15) is 0 Å². The number of aliphatic carboxylic acids is 1. The van der Waals surface area contributed by atoms with Crippen molar-refractivity contribution in [2.75, 3.05) is 0 Å². The number of Topliss-reactive ketones (excluding diaryl/α,β-unsaturated/α-hetero) is 1. The molecule has 10 N–H and O–H groups in total. The van der Waals surface area contributed by atoms with Crippen molar-refractivity contribution < 1.29 is 57.8 Å². The van der Waals surface area contributed by atoms with Crippen LogP contribution < -0.4 is 38.1 Å². The highest BCUT2D eigenvalue weighted by Crippen LogP contribution is 2.14. The number of primary amides is 1. The number of nitrogens with two attached hydrogens (primary N) is 2. The summed E-state index contributed by atoms with van der Waals surface area (Å²) >= 11 is 0. The second-order valence-electron chi connectivity index (χ2n) is 15.8. The Morgan fingerprint density at radius 1 is 0.617 bits per heavy atom. The third-order valence-corrected chi connectivity index (χ3v) is 9.20. The van der Waals surface area contributed by atoms with Gasteiger partial charge in [0, 0.05) is 32.6 Å². The molecule has 0 bridgehead atoms. The number of hydrogen-bond acceptors (Lipinski definition) is 12. The number of nitrogens with one attached hydrogen (secondary N) is 5. The fraction of sp³-hybridized carbons (Fsp3) is 0.610. The second kappa shape index (κ2) is 26.4. The van der Waals surface area contributed by atoms with Crippen molar-refractivity contribution in [3.63, 3.8) is 0 Å². The number of hydrogen-bond donors (Lipinski definition) is 8. The molecule has 334 valence electrons. The number of ketones is 1. The zero-order valence-electron chi connectivity index (χ0n) is 35.5. The van der Waals surface area contributed by atoms with Gasteiger partial charge in [-0.3, -0.25) is 47.9 Å². The van der Waals surface area contributed by atoms with Crippen LogP contribution in [0.4, 0.5) is 0 Å². The molecule has 0 fully saturated rings. The summed E-state index contributed by atoms with van der Waals surface area (Å²) in [5, 5.41) is 22.0. The van der Waals surface area contributed by atoms with Gasteiger partial charge in [-0.25, -0.2) is 0 Å². The molecule has 0 aromatic heterocycles. The van der Waals surface area contributed by atoms with E-state index in [2.05, 4.69) is 31.3 Å². The van der Waals surface area contributed by atoms with Gasteiger partial charge >= 0.3 is 17.9 Å². The van der Waals surface area contributed by atoms with Crippen molar-refractivity contribution >= 4 is 59.1 Å². The van der Waals surface area contributed by atoms with Crippen LogP contribution in [0.5, 0.6) is 0 Å². The van der Waals surface area contributed by atoms with E-state index in [1.165, 1.54) is 13.8 Å². The third-order valence-electron chi connectivity index (χ3n) is 9.20. The standard InChI is InChI=1S/C41H63N7O12/c1-22(2)19-28(42)37(55)46-30(15-18-35(52)53)38(56)44-25(6)36(54)47-31(20-23(3)4)39(57)48-32(21-27-11-9-8-10-12-27)40(58)45-29(14-17-34(43)51)33(50)16-13-24(5)41(59)60-26(7)49/h8-12,22-25,28-32H,13-21,42H2,1-7H3,(H2,43,51)(H,44,56)(H,45,58)(H,46,55)(H,47,54)(H,48,57)(H,52,53)/t24?,25-,28-,29-,30-,31-,32-/m0/s1. The summed E-state index contributed by atoms with van der Waals surface area (Å²) in [6.45, 7) is 11.2. The van der Waals surface area contributed by atoms with Crippen molar-refractivity contribution in [1.29, 1.82) is 0 Å². The van der Waals surface area contributed by atoms with E-state index in [0.29, 0.717) is 12.0 Å². The quantitative estimate of drug-likeness (QED) is 0.0437. The smallest absolute Gasteiger partial charge is 0.316 e. The van der Waals surface area contributed by atoms with E-state index in [1.54, 1.807) is 44.2 Å². The minimum absolute atomic E-state index is 0.0301. The molecule has 1 rings (SSSR count). The molecule has 0 saturated heterocycles. The number of benzene rings is 1. The van der Waals surface area contributed by atoms with Crippen molar-refractivity contribution in [2.24, 2.45) is 29.2 Å². The molecule has 7 atom stereocenters. The molecule has 0 radical (unpaired) electrons. The van der Waals surface area contributed by atoms with Crippen molar-refractivity contribution in [2.45, 2.75) is 143 Å². The molecule has 6 amide bonds. The molecule has 0 saturated carbocycles. The molecule has 19 nitrogen and oxygen atoms in total. The van der Waals surface area contributed by atoms with Gasteiger partial charge in [-0.1, -0.05) is 65.0 Å². The summed E-state index contributed by atoms with van der Waals surface area (Å²) in [4.78, 5) is 127. The topological polar surface area (TPSA) is 312 Å². The minimum atomic E-state index is -1.33. The number of rotatable bonds is 27. The largest absolute Gasteiger partial charge is 0.481 e. The summed E-state index contributed by atoms with van der Waals surface area (Å²) in [7, 11) is 0. The number of carbonyl (C=O) groups is 10. The Morgan fingerprint density at radius 2 is 1.13 bits per heavy atom. The minimum Gasteiger partial charge on any atom is -0.481 e. The first-order valence-electron chi connectivity index (χ1n) is 20.1. The number of carbonyl (C=O) groups excluding carboxylic acids is 9. The molecule has 1 aromatic carbocycles. The predicted octanol–water partition coefficient (Wildman–Crippen LogP) is 0.298. The molecule has 0 aliphatic rings. The van der Waals surface area contributed by atoms with Crippen LogP contribution in [0.15, 0.2) is 30.3 Å². The average Bonchev–Trinajstić information content (AvgIpc) is 3.15. The lowest BCUT2D eigenvalue weighted by atomic mass is 9.96. The first-order valence-corrected chi connectivity index (χ1v) is 20.1. The monoisotopic (exact) mass is 845 g/mol. The zero-order chi connectivity index (χ0) is 45.7. The van der Waals surface area contributed by atoms with Gasteiger partial charge in [0.1, 0.15) is 24.2 Å². The maximum atomic E-state index is 13.9. The molecule has 0 aliphatic carbocycles. The number of amides is 6. The highest BCUT2D eigenvalue weighted by molar-refractivity contribution is 5.97. The average molecular weight is 846 g/mol. The van der Waals surface area contributed by atoms with E-state index in [0.717, 1.165) is 6.92 Å². The highest BCUT2D eigenvalue weighted by atomic mass is 16.6. The first-order chi connectivity index (χ1) is 28.0. The van der Waals surface area contributed by atoms with E-state index in [1.807, 2.05) is 13.8 Å². The maximum Gasteiger partial charge on any atom is 0.316 e. The van der Waals surface area contributed by atoms with Gasteiger partial charge in [-0.15, -0.1) is 0 Å². The summed E-state index contributed by atoms with van der Waals surface area (Å²) in [5.74, 6) is -8.94. The Balaban J connectivity index is 3.28. The summed E-state index contributed by atoms with van der Waals surface area (Å²) in [5.41, 5.74) is 11.9. The van der Waals surface area contributed by atoms with Crippen LogP contribution in [-0.2, 0) is 59.1 Å². The maximum absolute atomic E-state index is 13.9. The van der Waals surface area contributed by atoms with Crippen molar-refractivity contribution in [1.82, 2.24) is 26.6 Å². The first kappa shape index (κ1) is 52.3. The Bertz CT molecular complexity index is 1670. The predicted molar refractivity (Wildman–Crippen MR) is 218 cm³/mol. The molecular formula is C41H63N7O12. The van der Waals surface area contributed by atoms with Gasteiger partial charge in [0.15, 0.2) is 5.78 Å². The second-order valence-corrected chi connectivity index (χ2v) is 15.8. The molecule has 0 heterocycles. The zero-order valence-corrected chi connectivity index (χ0v) is 35.5.